The average molecular weight is 370 g/mol. The van der Waals surface area contributed by atoms with Gasteiger partial charge in [0.25, 0.3) is 0 Å². The first-order valence-corrected chi connectivity index (χ1v) is 10.1. The Kier molecular flexibility index (Phi) is 2.66. The van der Waals surface area contributed by atoms with Gasteiger partial charge in [0.05, 0.1) is 11.0 Å². The third-order valence-electron chi connectivity index (χ3n) is 6.58. The predicted octanol–water partition coefficient (Wildman–Crippen LogP) is 7.38. The Balaban J connectivity index is 1.80. The van der Waals surface area contributed by atoms with E-state index in [0.29, 0.717) is 0 Å². The van der Waals surface area contributed by atoms with Crippen LogP contribution in [0.15, 0.2) is 66.9 Å². The van der Waals surface area contributed by atoms with Gasteiger partial charge in [0.15, 0.2) is 0 Å². The van der Waals surface area contributed by atoms with E-state index < -0.39 is 0 Å². The van der Waals surface area contributed by atoms with E-state index in [0.717, 1.165) is 11.0 Å². The molecule has 136 valence electrons. The summed E-state index contributed by atoms with van der Waals surface area (Å²) in [5.41, 5.74) is 5.95. The summed E-state index contributed by atoms with van der Waals surface area (Å²) in [5.74, 6) is 0. The fourth-order valence-electron chi connectivity index (χ4n) is 5.37. The quantitative estimate of drug-likeness (QED) is 0.277. The molecule has 1 N–H and O–H groups in total. The van der Waals surface area contributed by atoms with Crippen molar-refractivity contribution in [1.29, 1.82) is 0 Å². The second-order valence-corrected chi connectivity index (χ2v) is 8.23. The van der Waals surface area contributed by atoms with E-state index in [2.05, 4.69) is 79.5 Å². The van der Waals surface area contributed by atoms with Gasteiger partial charge in [0.1, 0.15) is 0 Å². The Hall–Kier alpha value is -3.65. The first-order chi connectivity index (χ1) is 14.2. The van der Waals surface area contributed by atoms with Gasteiger partial charge in [-0.3, -0.25) is 0 Å². The third-order valence-corrected chi connectivity index (χ3v) is 6.58. The number of hydrogen-bond acceptors (Lipinski definition) is 1. The fraction of sp³-hybridized carbons (Fsp3) is 0.0741. The smallest absolute Gasteiger partial charge is 0.0725 e. The van der Waals surface area contributed by atoms with Gasteiger partial charge in [-0.15, -0.1) is 0 Å². The van der Waals surface area contributed by atoms with Crippen LogP contribution in [0.2, 0.25) is 0 Å². The summed E-state index contributed by atoms with van der Waals surface area (Å²) in [6, 6.07) is 22.2. The minimum atomic E-state index is 1.09. The molecule has 0 aliphatic heterocycles. The predicted molar refractivity (Wildman–Crippen MR) is 124 cm³/mol. The second kappa shape index (κ2) is 5.03. The van der Waals surface area contributed by atoms with Gasteiger partial charge in [0, 0.05) is 27.9 Å². The van der Waals surface area contributed by atoms with Crippen molar-refractivity contribution in [3.63, 3.8) is 0 Å². The van der Waals surface area contributed by atoms with Gasteiger partial charge in [-0.05, 0) is 81.6 Å². The molecule has 0 aliphatic rings. The summed E-state index contributed by atoms with van der Waals surface area (Å²) in [4.78, 5) is 8.43. The molecule has 0 unspecified atom stereocenters. The van der Waals surface area contributed by atoms with E-state index in [1.54, 1.807) is 0 Å². The summed E-state index contributed by atoms with van der Waals surface area (Å²) >= 11 is 0. The molecular formula is C27H18N2. The molecule has 0 bridgehead atoms. The molecule has 0 atom stereocenters. The van der Waals surface area contributed by atoms with Gasteiger partial charge in [0.2, 0.25) is 0 Å². The maximum absolute atomic E-state index is 5.00. The molecule has 2 aromatic heterocycles. The number of aromatic nitrogens is 2. The molecule has 2 nitrogen and oxygen atoms in total. The Labute approximate surface area is 167 Å². The lowest BCUT2D eigenvalue weighted by atomic mass is 10.00. The number of aryl methyl sites for hydroxylation is 2. The van der Waals surface area contributed by atoms with Gasteiger partial charge < -0.3 is 4.98 Å². The largest absolute Gasteiger partial charge is 0.361 e. The number of nitrogens with zero attached hydrogens (tertiary/aromatic N) is 1. The molecule has 29 heavy (non-hydrogen) atoms. The summed E-state index contributed by atoms with van der Waals surface area (Å²) in [6.45, 7) is 4.39. The maximum Gasteiger partial charge on any atom is 0.0725 e. The average Bonchev–Trinajstić information content (AvgIpc) is 3.25. The highest BCUT2D eigenvalue weighted by molar-refractivity contribution is 6.37. The normalized spacial score (nSPS) is 12.5. The SMILES string of the molecule is Cc1ccc2c(c1)nc1cc3c4cc5[nH]cccc5c5cccc(c3c(C)c12)c54. The van der Waals surface area contributed by atoms with E-state index in [-0.39, 0.29) is 0 Å². The van der Waals surface area contributed by atoms with Crippen molar-refractivity contribution in [2.24, 2.45) is 0 Å². The summed E-state index contributed by atoms with van der Waals surface area (Å²) < 4.78 is 0. The van der Waals surface area contributed by atoms with Crippen LogP contribution in [-0.4, -0.2) is 9.97 Å². The van der Waals surface area contributed by atoms with Crippen molar-refractivity contribution >= 4 is 65.0 Å². The number of nitrogens with one attached hydrogen (secondary N) is 1. The van der Waals surface area contributed by atoms with E-state index in [4.69, 9.17) is 4.98 Å². The monoisotopic (exact) mass is 370 g/mol. The molecule has 5 aromatic carbocycles. The zero-order valence-corrected chi connectivity index (χ0v) is 16.3. The molecule has 0 radical (unpaired) electrons. The van der Waals surface area contributed by atoms with Crippen LogP contribution in [0.1, 0.15) is 11.1 Å². The van der Waals surface area contributed by atoms with Crippen molar-refractivity contribution < 1.29 is 0 Å². The minimum Gasteiger partial charge on any atom is -0.361 e. The summed E-state index contributed by atoms with van der Waals surface area (Å²) in [7, 11) is 0. The van der Waals surface area contributed by atoms with Crippen molar-refractivity contribution in [3.05, 3.63) is 78.0 Å². The molecule has 0 saturated carbocycles. The Bertz CT molecular complexity index is 1770. The van der Waals surface area contributed by atoms with Crippen LogP contribution >= 0.6 is 0 Å². The molecular weight excluding hydrogens is 352 g/mol. The molecule has 0 saturated heterocycles. The number of pyridine rings is 1. The maximum atomic E-state index is 5.00. The highest BCUT2D eigenvalue weighted by Gasteiger charge is 2.19. The Morgan fingerprint density at radius 1 is 0.621 bits per heavy atom. The van der Waals surface area contributed by atoms with Crippen molar-refractivity contribution in [1.82, 2.24) is 9.97 Å². The highest BCUT2D eigenvalue weighted by Crippen LogP contribution is 2.45. The zero-order valence-electron chi connectivity index (χ0n) is 16.3. The highest BCUT2D eigenvalue weighted by atomic mass is 14.7. The minimum absolute atomic E-state index is 1.09. The number of rotatable bonds is 0. The number of H-pyrrole nitrogens is 1. The van der Waals surface area contributed by atoms with E-state index in [1.165, 1.54) is 65.1 Å². The van der Waals surface area contributed by atoms with Crippen LogP contribution in [0.4, 0.5) is 0 Å². The van der Waals surface area contributed by atoms with Gasteiger partial charge >= 0.3 is 0 Å². The molecule has 0 amide bonds. The van der Waals surface area contributed by atoms with Crippen molar-refractivity contribution in [2.75, 3.05) is 0 Å². The van der Waals surface area contributed by atoms with Crippen LogP contribution in [-0.2, 0) is 0 Å². The lowest BCUT2D eigenvalue weighted by Gasteiger charge is -2.05. The van der Waals surface area contributed by atoms with E-state index in [9.17, 15) is 0 Å². The van der Waals surface area contributed by atoms with E-state index in [1.807, 2.05) is 6.20 Å². The van der Waals surface area contributed by atoms with Crippen LogP contribution in [0.3, 0.4) is 0 Å². The van der Waals surface area contributed by atoms with Crippen LogP contribution in [0.25, 0.3) is 65.0 Å². The number of aromatic amines is 1. The standard InChI is InChI=1S/C27H18N2/c1-14-8-9-18-23(11-14)29-24-13-20-21-12-22-16(7-4-10-28-22)17-5-3-6-19(27(17)21)25(20)15(2)26(18)24/h3-13,28H,1-2H3. The van der Waals surface area contributed by atoms with Crippen LogP contribution in [0, 0.1) is 13.8 Å². The molecule has 7 aromatic rings. The van der Waals surface area contributed by atoms with Crippen molar-refractivity contribution in [2.45, 2.75) is 13.8 Å². The van der Waals surface area contributed by atoms with Gasteiger partial charge in [-0.2, -0.15) is 0 Å². The van der Waals surface area contributed by atoms with Crippen LogP contribution < -0.4 is 0 Å². The third kappa shape index (κ3) is 1.79. The molecule has 0 fully saturated rings. The summed E-state index contributed by atoms with van der Waals surface area (Å²) in [5, 5.41) is 11.8. The number of hydrogen-bond donors (Lipinski definition) is 1. The molecule has 7 rings (SSSR count). The van der Waals surface area contributed by atoms with Gasteiger partial charge in [-0.25, -0.2) is 4.98 Å². The Morgan fingerprint density at radius 3 is 2.38 bits per heavy atom. The lowest BCUT2D eigenvalue weighted by molar-refractivity contribution is 1.42. The molecule has 0 spiro atoms. The molecule has 2 heterocycles. The zero-order chi connectivity index (χ0) is 19.3. The summed E-state index contributed by atoms with van der Waals surface area (Å²) in [6.07, 6.45) is 2.00. The second-order valence-electron chi connectivity index (χ2n) is 8.23. The lowest BCUT2D eigenvalue weighted by Crippen LogP contribution is -1.80. The van der Waals surface area contributed by atoms with E-state index >= 15 is 0 Å². The molecule has 2 heteroatoms. The fourth-order valence-corrected chi connectivity index (χ4v) is 5.37. The first kappa shape index (κ1) is 15.3. The Morgan fingerprint density at radius 2 is 1.45 bits per heavy atom. The van der Waals surface area contributed by atoms with Gasteiger partial charge in [-0.1, -0.05) is 36.4 Å². The molecule has 0 aliphatic carbocycles. The van der Waals surface area contributed by atoms with Crippen LogP contribution in [0.5, 0.6) is 0 Å². The van der Waals surface area contributed by atoms with Crippen molar-refractivity contribution in [3.8, 4) is 0 Å². The number of benzene rings is 4. The number of fused-ring (bicyclic) bond motifs is 8. The first-order valence-electron chi connectivity index (χ1n) is 10.1. The topological polar surface area (TPSA) is 28.7 Å².